The molecule has 0 bridgehead atoms. The zero-order chi connectivity index (χ0) is 6.97. The second-order valence-corrected chi connectivity index (χ2v) is 2.88. The molecule has 1 aliphatic rings. The van der Waals surface area contributed by atoms with Crippen molar-refractivity contribution in [3.8, 4) is 0 Å². The molecular weight excluding hydrogens is 146 g/mol. The Hall–Kier alpha value is -0.530. The lowest BCUT2D eigenvalue weighted by atomic mass is 10.1. The van der Waals surface area contributed by atoms with E-state index in [0.29, 0.717) is 0 Å². The summed E-state index contributed by atoms with van der Waals surface area (Å²) in [6.07, 6.45) is 0. The summed E-state index contributed by atoms with van der Waals surface area (Å²) in [7, 11) is 0. The summed E-state index contributed by atoms with van der Waals surface area (Å²) in [5.41, 5.74) is 2.57. The van der Waals surface area contributed by atoms with Gasteiger partial charge in [0.25, 0.3) is 0 Å². The Bertz CT molecular complexity index is 247. The van der Waals surface area contributed by atoms with Crippen molar-refractivity contribution >= 4 is 11.6 Å². The van der Waals surface area contributed by atoms with Gasteiger partial charge in [-0.05, 0) is 11.1 Å². The highest BCUT2D eigenvalue weighted by Crippen LogP contribution is 2.27. The molecule has 1 aromatic rings. The first-order chi connectivity index (χ1) is 4.88. The van der Waals surface area contributed by atoms with Gasteiger partial charge < -0.3 is 0 Å². The van der Waals surface area contributed by atoms with Crippen LogP contribution >= 0.6 is 11.6 Å². The summed E-state index contributed by atoms with van der Waals surface area (Å²) < 4.78 is 0. The van der Waals surface area contributed by atoms with E-state index in [4.69, 9.17) is 11.6 Å². The number of alkyl halides is 1. The number of halogens is 1. The molecule has 2 heteroatoms. The molecule has 1 nitrogen and oxygen atoms in total. The summed E-state index contributed by atoms with van der Waals surface area (Å²) in [6.45, 7) is 0.907. The van der Waals surface area contributed by atoms with Crippen LogP contribution < -0.4 is 5.32 Å². The van der Waals surface area contributed by atoms with Gasteiger partial charge in [0.2, 0.25) is 0 Å². The van der Waals surface area contributed by atoms with Gasteiger partial charge in [0.15, 0.2) is 0 Å². The third-order valence-electron chi connectivity index (χ3n) is 1.80. The Balaban J connectivity index is 2.51. The van der Waals surface area contributed by atoms with Gasteiger partial charge in [-0.1, -0.05) is 24.3 Å². The van der Waals surface area contributed by atoms with Crippen molar-refractivity contribution in [1.29, 1.82) is 0 Å². The second kappa shape index (κ2) is 2.26. The maximum absolute atomic E-state index is 5.93. The van der Waals surface area contributed by atoms with Crippen LogP contribution in [0, 0.1) is 0 Å². The van der Waals surface area contributed by atoms with Crippen molar-refractivity contribution < 1.29 is 0 Å². The molecular formula is C8H8ClN. The lowest BCUT2D eigenvalue weighted by Gasteiger charge is -1.99. The summed E-state index contributed by atoms with van der Waals surface area (Å²) in [5.74, 6) is 0. The maximum atomic E-state index is 5.93. The van der Waals surface area contributed by atoms with Gasteiger partial charge in [-0.15, -0.1) is 11.6 Å². The third kappa shape index (κ3) is 0.825. The summed E-state index contributed by atoms with van der Waals surface area (Å²) >= 11 is 5.93. The molecule has 10 heavy (non-hydrogen) atoms. The van der Waals surface area contributed by atoms with Crippen LogP contribution in [-0.2, 0) is 6.54 Å². The summed E-state index contributed by atoms with van der Waals surface area (Å²) in [4.78, 5) is 0. The van der Waals surface area contributed by atoms with Crippen LogP contribution in [0.1, 0.15) is 16.6 Å². The standard InChI is InChI=1S/C8H8ClN/c9-8-7-4-2-1-3-6(7)5-10-8/h1-4,8,10H,5H2. The Morgan fingerprint density at radius 1 is 1.40 bits per heavy atom. The van der Waals surface area contributed by atoms with Gasteiger partial charge in [-0.2, -0.15) is 0 Å². The second-order valence-electron chi connectivity index (χ2n) is 2.44. The zero-order valence-corrected chi connectivity index (χ0v) is 6.23. The van der Waals surface area contributed by atoms with E-state index in [1.54, 1.807) is 0 Å². The Kier molecular flexibility index (Phi) is 1.40. The fraction of sp³-hybridized carbons (Fsp3) is 0.250. The summed E-state index contributed by atoms with van der Waals surface area (Å²) in [5, 5.41) is 3.15. The van der Waals surface area contributed by atoms with Crippen molar-refractivity contribution in [1.82, 2.24) is 5.32 Å². The summed E-state index contributed by atoms with van der Waals surface area (Å²) in [6, 6.07) is 8.22. The maximum Gasteiger partial charge on any atom is 0.109 e. The highest BCUT2D eigenvalue weighted by Gasteiger charge is 2.17. The number of hydrogen-bond donors (Lipinski definition) is 1. The molecule has 0 amide bonds. The largest absolute Gasteiger partial charge is 0.293 e. The van der Waals surface area contributed by atoms with Crippen molar-refractivity contribution in [3.05, 3.63) is 35.4 Å². The molecule has 0 spiro atoms. The Morgan fingerprint density at radius 2 is 2.20 bits per heavy atom. The molecule has 0 fully saturated rings. The molecule has 1 heterocycles. The van der Waals surface area contributed by atoms with Gasteiger partial charge in [0, 0.05) is 6.54 Å². The van der Waals surface area contributed by atoms with Crippen molar-refractivity contribution in [2.75, 3.05) is 0 Å². The number of hydrogen-bond acceptors (Lipinski definition) is 1. The van der Waals surface area contributed by atoms with Gasteiger partial charge in [-0.3, -0.25) is 5.32 Å². The van der Waals surface area contributed by atoms with Crippen LogP contribution in [0.25, 0.3) is 0 Å². The predicted octanol–water partition coefficient (Wildman–Crippen LogP) is 2.03. The van der Waals surface area contributed by atoms with Crippen LogP contribution in [-0.4, -0.2) is 0 Å². The Labute approximate surface area is 65.0 Å². The van der Waals surface area contributed by atoms with Gasteiger partial charge in [-0.25, -0.2) is 0 Å². The zero-order valence-electron chi connectivity index (χ0n) is 5.47. The fourth-order valence-electron chi connectivity index (χ4n) is 1.25. The number of nitrogens with one attached hydrogen (secondary N) is 1. The van der Waals surface area contributed by atoms with Gasteiger partial charge in [0.1, 0.15) is 5.50 Å². The topological polar surface area (TPSA) is 12.0 Å². The fourth-order valence-corrected chi connectivity index (χ4v) is 1.54. The molecule has 0 radical (unpaired) electrons. The lowest BCUT2D eigenvalue weighted by molar-refractivity contribution is 0.739. The predicted molar refractivity (Wildman–Crippen MR) is 41.9 cm³/mol. The third-order valence-corrected chi connectivity index (χ3v) is 2.19. The molecule has 0 aliphatic carbocycles. The Morgan fingerprint density at radius 3 is 3.00 bits per heavy atom. The van der Waals surface area contributed by atoms with Crippen molar-refractivity contribution in [3.63, 3.8) is 0 Å². The van der Waals surface area contributed by atoms with Crippen LogP contribution in [0.4, 0.5) is 0 Å². The van der Waals surface area contributed by atoms with E-state index >= 15 is 0 Å². The number of rotatable bonds is 0. The lowest BCUT2D eigenvalue weighted by Crippen LogP contribution is -2.04. The van der Waals surface area contributed by atoms with E-state index in [2.05, 4.69) is 17.4 Å². The van der Waals surface area contributed by atoms with Crippen LogP contribution in [0.5, 0.6) is 0 Å². The first-order valence-corrected chi connectivity index (χ1v) is 3.77. The average Bonchev–Trinajstić information content (AvgIpc) is 2.34. The van der Waals surface area contributed by atoms with E-state index in [1.807, 2.05) is 12.1 Å². The smallest absolute Gasteiger partial charge is 0.109 e. The van der Waals surface area contributed by atoms with Crippen LogP contribution in [0.2, 0.25) is 0 Å². The molecule has 1 aromatic carbocycles. The van der Waals surface area contributed by atoms with E-state index in [9.17, 15) is 0 Å². The molecule has 0 aromatic heterocycles. The minimum Gasteiger partial charge on any atom is -0.293 e. The van der Waals surface area contributed by atoms with E-state index in [-0.39, 0.29) is 5.50 Å². The average molecular weight is 154 g/mol. The monoisotopic (exact) mass is 153 g/mol. The minimum absolute atomic E-state index is 0.0243. The molecule has 1 N–H and O–H groups in total. The number of benzene rings is 1. The minimum atomic E-state index is 0.0243. The van der Waals surface area contributed by atoms with Crippen molar-refractivity contribution in [2.24, 2.45) is 0 Å². The highest BCUT2D eigenvalue weighted by molar-refractivity contribution is 6.20. The first-order valence-electron chi connectivity index (χ1n) is 3.33. The van der Waals surface area contributed by atoms with E-state index in [1.165, 1.54) is 11.1 Å². The molecule has 0 saturated carbocycles. The molecule has 0 saturated heterocycles. The molecule has 1 unspecified atom stereocenters. The van der Waals surface area contributed by atoms with Gasteiger partial charge in [0.05, 0.1) is 0 Å². The van der Waals surface area contributed by atoms with Crippen LogP contribution in [0.3, 0.4) is 0 Å². The molecule has 1 aliphatic heterocycles. The molecule has 1 atom stereocenters. The number of fused-ring (bicyclic) bond motifs is 1. The van der Waals surface area contributed by atoms with E-state index < -0.39 is 0 Å². The SMILES string of the molecule is ClC1NCc2ccccc21. The van der Waals surface area contributed by atoms with Crippen LogP contribution in [0.15, 0.2) is 24.3 Å². The highest BCUT2D eigenvalue weighted by atomic mass is 35.5. The molecule has 52 valence electrons. The first kappa shape index (κ1) is 6.20. The molecule has 2 rings (SSSR count). The normalized spacial score (nSPS) is 22.7. The van der Waals surface area contributed by atoms with Crippen molar-refractivity contribution in [2.45, 2.75) is 12.0 Å². The van der Waals surface area contributed by atoms with E-state index in [0.717, 1.165) is 6.54 Å². The van der Waals surface area contributed by atoms with Gasteiger partial charge >= 0.3 is 0 Å². The quantitative estimate of drug-likeness (QED) is 0.444.